The molecule has 1 heterocycles. The van der Waals surface area contributed by atoms with Gasteiger partial charge in [0.25, 0.3) is 5.91 Å². The minimum atomic E-state index is -0.110. The summed E-state index contributed by atoms with van der Waals surface area (Å²) >= 11 is 10.2. The molecule has 0 radical (unpaired) electrons. The maximum absolute atomic E-state index is 12.8. The molecule has 1 saturated heterocycles. The van der Waals surface area contributed by atoms with Gasteiger partial charge in [0.15, 0.2) is 11.5 Å². The minimum absolute atomic E-state index is 0.110. The number of terminal acetylenes is 1. The predicted octanol–water partition coefficient (Wildman–Crippen LogP) is 4.87. The summed E-state index contributed by atoms with van der Waals surface area (Å²) in [6.07, 6.45) is 7.05. The number of nitrogens with zero attached hydrogens (tertiary/aromatic N) is 1. The molecule has 2 aromatic carbocycles. The molecule has 0 N–H and O–H groups in total. The second-order valence-corrected chi connectivity index (χ2v) is 8.31. The lowest BCUT2D eigenvalue weighted by molar-refractivity contribution is -0.122. The molecule has 0 unspecified atom stereocenters. The third kappa shape index (κ3) is 4.58. The highest BCUT2D eigenvalue weighted by molar-refractivity contribution is 9.10. The van der Waals surface area contributed by atoms with E-state index in [1.807, 2.05) is 36.4 Å². The van der Waals surface area contributed by atoms with Crippen LogP contribution < -0.4 is 9.47 Å². The molecule has 0 bridgehead atoms. The van der Waals surface area contributed by atoms with Crippen molar-refractivity contribution in [1.29, 1.82) is 0 Å². The first-order valence-corrected chi connectivity index (χ1v) is 10.3. The molecule has 1 amide bonds. The molecule has 0 atom stereocenters. The van der Waals surface area contributed by atoms with E-state index >= 15 is 0 Å². The normalized spacial score (nSPS) is 15.0. The van der Waals surface area contributed by atoms with Gasteiger partial charge in [-0.05, 0) is 45.3 Å². The third-order valence-electron chi connectivity index (χ3n) is 3.91. The van der Waals surface area contributed by atoms with Crippen molar-refractivity contribution in [3.8, 4) is 23.8 Å². The zero-order valence-corrected chi connectivity index (χ0v) is 18.2. The van der Waals surface area contributed by atoms with E-state index in [1.54, 1.807) is 24.2 Å². The summed E-state index contributed by atoms with van der Waals surface area (Å²) in [4.78, 5) is 15.0. The first kappa shape index (κ1) is 20.5. The molecule has 2 aromatic rings. The number of benzene rings is 2. The Bertz CT molecular complexity index is 983. The number of ether oxygens (including phenoxy) is 2. The number of halogens is 1. The van der Waals surface area contributed by atoms with E-state index in [1.165, 1.54) is 11.8 Å². The van der Waals surface area contributed by atoms with Crippen LogP contribution in [0, 0.1) is 12.3 Å². The van der Waals surface area contributed by atoms with Crippen LogP contribution in [0.1, 0.15) is 11.1 Å². The van der Waals surface area contributed by atoms with Crippen molar-refractivity contribution in [1.82, 2.24) is 4.90 Å². The molecule has 28 heavy (non-hydrogen) atoms. The molecule has 4 nitrogen and oxygen atoms in total. The lowest BCUT2D eigenvalue weighted by atomic mass is 10.1. The highest BCUT2D eigenvalue weighted by Gasteiger charge is 2.32. The Morgan fingerprint density at radius 2 is 2.07 bits per heavy atom. The van der Waals surface area contributed by atoms with E-state index in [9.17, 15) is 4.79 Å². The van der Waals surface area contributed by atoms with Crippen molar-refractivity contribution in [2.45, 2.75) is 6.54 Å². The Morgan fingerprint density at radius 1 is 1.32 bits per heavy atom. The highest BCUT2D eigenvalue weighted by atomic mass is 79.9. The number of hydrogen-bond donors (Lipinski definition) is 0. The standard InChI is InChI=1S/C21H16BrNO3S2/c1-3-9-26-19-16(22)10-15(11-17(19)25-2)12-18-20(24)23(21(27)28-18)13-14-7-5-4-6-8-14/h1,4-8,10-12H,9,13H2,2H3/b18-12+. The number of thioether (sulfide) groups is 1. The van der Waals surface area contributed by atoms with Crippen LogP contribution in [0.3, 0.4) is 0 Å². The van der Waals surface area contributed by atoms with E-state index in [0.717, 1.165) is 11.1 Å². The van der Waals surface area contributed by atoms with Gasteiger partial charge in [-0.25, -0.2) is 0 Å². The molecule has 7 heteroatoms. The fraction of sp³-hybridized carbons (Fsp3) is 0.143. The molecular weight excluding hydrogens is 458 g/mol. The van der Waals surface area contributed by atoms with E-state index in [-0.39, 0.29) is 12.5 Å². The quantitative estimate of drug-likeness (QED) is 0.339. The van der Waals surface area contributed by atoms with Crippen LogP contribution >= 0.6 is 39.9 Å². The van der Waals surface area contributed by atoms with Gasteiger partial charge in [0.2, 0.25) is 0 Å². The number of methoxy groups -OCH3 is 1. The summed E-state index contributed by atoms with van der Waals surface area (Å²) < 4.78 is 12.2. The Balaban J connectivity index is 1.85. The molecule has 0 spiro atoms. The summed E-state index contributed by atoms with van der Waals surface area (Å²) in [5.41, 5.74) is 1.82. The Hall–Kier alpha value is -2.27. The summed E-state index contributed by atoms with van der Waals surface area (Å²) in [5.74, 6) is 3.36. The van der Waals surface area contributed by atoms with Crippen molar-refractivity contribution >= 4 is 56.2 Å². The van der Waals surface area contributed by atoms with Crippen LogP contribution in [0.5, 0.6) is 11.5 Å². The average Bonchev–Trinajstić information content (AvgIpc) is 2.95. The van der Waals surface area contributed by atoms with Gasteiger partial charge in [-0.2, -0.15) is 0 Å². The zero-order chi connectivity index (χ0) is 20.1. The Kier molecular flexibility index (Phi) is 6.79. The number of hydrogen-bond acceptors (Lipinski definition) is 5. The van der Waals surface area contributed by atoms with E-state index < -0.39 is 0 Å². The van der Waals surface area contributed by atoms with Gasteiger partial charge < -0.3 is 9.47 Å². The number of amides is 1. The first-order valence-electron chi connectivity index (χ1n) is 8.26. The lowest BCUT2D eigenvalue weighted by Crippen LogP contribution is -2.27. The fourth-order valence-electron chi connectivity index (χ4n) is 2.63. The maximum Gasteiger partial charge on any atom is 0.266 e. The van der Waals surface area contributed by atoms with E-state index in [0.29, 0.717) is 31.7 Å². The van der Waals surface area contributed by atoms with Gasteiger partial charge in [0.05, 0.1) is 23.0 Å². The zero-order valence-electron chi connectivity index (χ0n) is 15.0. The van der Waals surface area contributed by atoms with Crippen LogP contribution in [0.25, 0.3) is 6.08 Å². The summed E-state index contributed by atoms with van der Waals surface area (Å²) in [6, 6.07) is 13.4. The summed E-state index contributed by atoms with van der Waals surface area (Å²) in [7, 11) is 1.55. The van der Waals surface area contributed by atoms with Crippen LogP contribution in [0.4, 0.5) is 0 Å². The SMILES string of the molecule is C#CCOc1c(Br)cc(/C=C2/SC(=S)N(Cc3ccccc3)C2=O)cc1OC. The van der Waals surface area contributed by atoms with E-state index in [4.69, 9.17) is 28.1 Å². The van der Waals surface area contributed by atoms with Gasteiger partial charge in [-0.3, -0.25) is 9.69 Å². The van der Waals surface area contributed by atoms with Gasteiger partial charge in [-0.15, -0.1) is 6.42 Å². The van der Waals surface area contributed by atoms with Gasteiger partial charge in [-0.1, -0.05) is 60.2 Å². The van der Waals surface area contributed by atoms with Crippen molar-refractivity contribution < 1.29 is 14.3 Å². The van der Waals surface area contributed by atoms with Crippen LogP contribution in [-0.2, 0) is 11.3 Å². The minimum Gasteiger partial charge on any atom is -0.493 e. The average molecular weight is 474 g/mol. The van der Waals surface area contributed by atoms with Gasteiger partial charge in [0.1, 0.15) is 10.9 Å². The second kappa shape index (κ2) is 9.28. The van der Waals surface area contributed by atoms with Crippen molar-refractivity contribution in [2.75, 3.05) is 13.7 Å². The lowest BCUT2D eigenvalue weighted by Gasteiger charge is -2.14. The first-order chi connectivity index (χ1) is 13.5. The van der Waals surface area contributed by atoms with E-state index in [2.05, 4.69) is 21.9 Å². The van der Waals surface area contributed by atoms with Crippen LogP contribution in [-0.4, -0.2) is 28.8 Å². The molecule has 0 aromatic heterocycles. The largest absolute Gasteiger partial charge is 0.493 e. The topological polar surface area (TPSA) is 38.8 Å². The van der Waals surface area contributed by atoms with Crippen LogP contribution in [0.2, 0.25) is 0 Å². The molecule has 0 saturated carbocycles. The molecular formula is C21H16BrNO3S2. The summed E-state index contributed by atoms with van der Waals surface area (Å²) in [6.45, 7) is 0.585. The monoisotopic (exact) mass is 473 g/mol. The third-order valence-corrected chi connectivity index (χ3v) is 5.87. The number of rotatable bonds is 6. The van der Waals surface area contributed by atoms with Gasteiger partial charge in [0, 0.05) is 0 Å². The maximum atomic E-state index is 12.8. The number of carbonyl (C=O) groups is 1. The molecule has 1 fully saturated rings. The number of thiocarbonyl (C=S) groups is 1. The molecule has 142 valence electrons. The highest BCUT2D eigenvalue weighted by Crippen LogP contribution is 2.39. The Morgan fingerprint density at radius 3 is 2.75 bits per heavy atom. The van der Waals surface area contributed by atoms with Gasteiger partial charge >= 0.3 is 0 Å². The van der Waals surface area contributed by atoms with Crippen molar-refractivity contribution in [3.05, 3.63) is 63.0 Å². The number of carbonyl (C=O) groups excluding carboxylic acids is 1. The Labute approximate surface area is 182 Å². The smallest absolute Gasteiger partial charge is 0.266 e. The summed E-state index contributed by atoms with van der Waals surface area (Å²) in [5, 5.41) is 0. The molecule has 1 aliphatic heterocycles. The molecule has 3 rings (SSSR count). The fourth-order valence-corrected chi connectivity index (χ4v) is 4.46. The second-order valence-electron chi connectivity index (χ2n) is 5.78. The molecule has 0 aliphatic carbocycles. The van der Waals surface area contributed by atoms with Crippen molar-refractivity contribution in [3.63, 3.8) is 0 Å². The predicted molar refractivity (Wildman–Crippen MR) is 120 cm³/mol. The molecule has 1 aliphatic rings. The van der Waals surface area contributed by atoms with Crippen LogP contribution in [0.15, 0.2) is 51.8 Å². The van der Waals surface area contributed by atoms with Crippen molar-refractivity contribution in [2.24, 2.45) is 0 Å².